The van der Waals surface area contributed by atoms with E-state index in [0.29, 0.717) is 18.7 Å². The predicted molar refractivity (Wildman–Crippen MR) is 89.2 cm³/mol. The van der Waals surface area contributed by atoms with Crippen LogP contribution in [0, 0.1) is 6.92 Å². The van der Waals surface area contributed by atoms with Crippen LogP contribution in [-0.2, 0) is 17.9 Å². The van der Waals surface area contributed by atoms with E-state index in [9.17, 15) is 18.3 Å². The number of benzene rings is 1. The molecule has 2 N–H and O–H groups in total. The fourth-order valence-corrected chi connectivity index (χ4v) is 2.58. The van der Waals surface area contributed by atoms with Gasteiger partial charge in [-0.15, -0.1) is 0 Å². The van der Waals surface area contributed by atoms with Crippen molar-refractivity contribution >= 4 is 5.71 Å². The van der Waals surface area contributed by atoms with Gasteiger partial charge in [0.25, 0.3) is 0 Å². The standard InChI is InChI=1S/C18H18F3N3O2/c1-12-3-2-4-15(23-12)11-22-10-13-5-7-14(8-6-13)16-9-17(25,26-24-16)18(19,20)21/h2-8,22,25H,9-11H2,1H3. The summed E-state index contributed by atoms with van der Waals surface area (Å²) >= 11 is 0. The minimum atomic E-state index is -4.90. The molecule has 0 saturated heterocycles. The molecule has 2 aromatic rings. The predicted octanol–water partition coefficient (Wildman–Crippen LogP) is 3.06. The first-order chi connectivity index (χ1) is 12.3. The van der Waals surface area contributed by atoms with E-state index in [1.807, 2.05) is 25.1 Å². The number of pyridine rings is 1. The second kappa shape index (κ2) is 7.05. The molecule has 1 aromatic heterocycles. The molecule has 1 unspecified atom stereocenters. The van der Waals surface area contributed by atoms with Crippen LogP contribution in [0.15, 0.2) is 47.6 Å². The third-order valence-electron chi connectivity index (χ3n) is 4.03. The largest absolute Gasteiger partial charge is 0.458 e. The van der Waals surface area contributed by atoms with Crippen molar-refractivity contribution in [2.45, 2.75) is 38.4 Å². The SMILES string of the molecule is Cc1cccc(CNCc2ccc(C3=NOC(O)(C(F)(F)F)C3)cc2)n1. The lowest BCUT2D eigenvalue weighted by Crippen LogP contribution is -2.45. The van der Waals surface area contributed by atoms with Crippen molar-refractivity contribution in [3.05, 3.63) is 65.0 Å². The van der Waals surface area contributed by atoms with Gasteiger partial charge in [-0.05, 0) is 30.2 Å². The Morgan fingerprint density at radius 3 is 2.50 bits per heavy atom. The number of hydrogen-bond acceptors (Lipinski definition) is 5. The Kier molecular flexibility index (Phi) is 4.97. The Morgan fingerprint density at radius 1 is 1.15 bits per heavy atom. The monoisotopic (exact) mass is 365 g/mol. The second-order valence-electron chi connectivity index (χ2n) is 6.16. The second-order valence-corrected chi connectivity index (χ2v) is 6.16. The van der Waals surface area contributed by atoms with E-state index in [4.69, 9.17) is 0 Å². The first-order valence-electron chi connectivity index (χ1n) is 8.03. The zero-order valence-corrected chi connectivity index (χ0v) is 14.0. The molecule has 26 heavy (non-hydrogen) atoms. The number of nitrogens with zero attached hydrogens (tertiary/aromatic N) is 2. The molecule has 0 amide bonds. The normalized spacial score (nSPS) is 20.0. The van der Waals surface area contributed by atoms with Crippen molar-refractivity contribution < 1.29 is 23.1 Å². The molecular weight excluding hydrogens is 347 g/mol. The summed E-state index contributed by atoms with van der Waals surface area (Å²) in [5, 5.41) is 16.1. The maximum Gasteiger partial charge on any atom is 0.458 e. The highest BCUT2D eigenvalue weighted by molar-refractivity contribution is 6.01. The topological polar surface area (TPSA) is 66.7 Å². The number of aromatic nitrogens is 1. The van der Waals surface area contributed by atoms with Crippen molar-refractivity contribution in [2.24, 2.45) is 5.16 Å². The van der Waals surface area contributed by atoms with Gasteiger partial charge in [-0.2, -0.15) is 13.2 Å². The van der Waals surface area contributed by atoms with Gasteiger partial charge in [0.2, 0.25) is 0 Å². The van der Waals surface area contributed by atoms with E-state index in [-0.39, 0.29) is 5.71 Å². The first kappa shape index (κ1) is 18.3. The Bertz CT molecular complexity index is 806. The maximum atomic E-state index is 12.7. The van der Waals surface area contributed by atoms with Gasteiger partial charge in [-0.25, -0.2) is 0 Å². The van der Waals surface area contributed by atoms with Crippen molar-refractivity contribution in [1.82, 2.24) is 10.3 Å². The molecule has 5 nitrogen and oxygen atoms in total. The molecule has 0 spiro atoms. The minimum absolute atomic E-state index is 0.0632. The Hall–Kier alpha value is -2.45. The summed E-state index contributed by atoms with van der Waals surface area (Å²) in [6.45, 7) is 3.13. The maximum absolute atomic E-state index is 12.7. The average Bonchev–Trinajstić information content (AvgIpc) is 2.99. The van der Waals surface area contributed by atoms with Crippen molar-refractivity contribution in [2.75, 3.05) is 0 Å². The highest BCUT2D eigenvalue weighted by Crippen LogP contribution is 2.38. The number of alkyl halides is 3. The van der Waals surface area contributed by atoms with Gasteiger partial charge in [0.15, 0.2) is 0 Å². The summed E-state index contributed by atoms with van der Waals surface area (Å²) in [6.07, 6.45) is -5.63. The van der Waals surface area contributed by atoms with Gasteiger partial charge in [0.1, 0.15) is 0 Å². The van der Waals surface area contributed by atoms with Gasteiger partial charge < -0.3 is 15.3 Å². The number of halogens is 3. The molecule has 138 valence electrons. The Balaban J connectivity index is 1.56. The quantitative estimate of drug-likeness (QED) is 0.855. The molecule has 3 rings (SSSR count). The highest BCUT2D eigenvalue weighted by atomic mass is 19.4. The smallest absolute Gasteiger partial charge is 0.350 e. The lowest BCUT2D eigenvalue weighted by molar-refractivity contribution is -0.355. The van der Waals surface area contributed by atoms with Crippen LogP contribution in [0.5, 0.6) is 0 Å². The van der Waals surface area contributed by atoms with Crippen molar-refractivity contribution in [1.29, 1.82) is 0 Å². The van der Waals surface area contributed by atoms with Gasteiger partial charge in [0, 0.05) is 18.8 Å². The van der Waals surface area contributed by atoms with Crippen LogP contribution in [-0.4, -0.2) is 27.8 Å². The summed E-state index contributed by atoms with van der Waals surface area (Å²) in [4.78, 5) is 8.62. The van der Waals surface area contributed by atoms with Crippen LogP contribution in [0.3, 0.4) is 0 Å². The van der Waals surface area contributed by atoms with E-state index >= 15 is 0 Å². The fourth-order valence-electron chi connectivity index (χ4n) is 2.58. The van der Waals surface area contributed by atoms with E-state index in [0.717, 1.165) is 17.0 Å². The van der Waals surface area contributed by atoms with E-state index in [1.54, 1.807) is 24.3 Å². The Morgan fingerprint density at radius 2 is 1.88 bits per heavy atom. The molecule has 1 aromatic carbocycles. The summed E-state index contributed by atoms with van der Waals surface area (Å²) in [7, 11) is 0. The summed E-state index contributed by atoms with van der Waals surface area (Å²) < 4.78 is 38.2. The highest BCUT2D eigenvalue weighted by Gasteiger charge is 2.60. The van der Waals surface area contributed by atoms with Crippen molar-refractivity contribution in [3.8, 4) is 0 Å². The molecule has 1 aliphatic heterocycles. The molecule has 1 aliphatic rings. The third kappa shape index (κ3) is 4.03. The lowest BCUT2D eigenvalue weighted by atomic mass is 10.0. The van der Waals surface area contributed by atoms with E-state index in [2.05, 4.69) is 20.3 Å². The number of oxime groups is 1. The molecule has 2 heterocycles. The lowest BCUT2D eigenvalue weighted by Gasteiger charge is -2.22. The fraction of sp³-hybridized carbons (Fsp3) is 0.333. The van der Waals surface area contributed by atoms with Crippen LogP contribution in [0.2, 0.25) is 0 Å². The van der Waals surface area contributed by atoms with Crippen molar-refractivity contribution in [3.63, 3.8) is 0 Å². The molecule has 8 heteroatoms. The number of aryl methyl sites for hydroxylation is 1. The zero-order valence-electron chi connectivity index (χ0n) is 14.0. The molecule has 1 atom stereocenters. The molecule has 0 saturated carbocycles. The van der Waals surface area contributed by atoms with Crippen LogP contribution in [0.25, 0.3) is 0 Å². The van der Waals surface area contributed by atoms with Crippen LogP contribution in [0.4, 0.5) is 13.2 Å². The molecular formula is C18H18F3N3O2. The van der Waals surface area contributed by atoms with Crippen LogP contribution < -0.4 is 5.32 Å². The molecule has 0 aliphatic carbocycles. The first-order valence-corrected chi connectivity index (χ1v) is 8.03. The average molecular weight is 365 g/mol. The minimum Gasteiger partial charge on any atom is -0.350 e. The molecule has 0 fully saturated rings. The van der Waals surface area contributed by atoms with Crippen LogP contribution >= 0.6 is 0 Å². The summed E-state index contributed by atoms with van der Waals surface area (Å²) in [5.41, 5.74) is 3.40. The Labute approximate surface area is 148 Å². The van der Waals surface area contributed by atoms with Crippen LogP contribution in [0.1, 0.15) is 28.9 Å². The third-order valence-corrected chi connectivity index (χ3v) is 4.03. The summed E-state index contributed by atoms with van der Waals surface area (Å²) in [6, 6.07) is 12.7. The van der Waals surface area contributed by atoms with Gasteiger partial charge >= 0.3 is 12.0 Å². The number of hydrogen-bond donors (Lipinski definition) is 2. The number of rotatable bonds is 5. The van der Waals surface area contributed by atoms with Gasteiger partial charge in [-0.3, -0.25) is 4.98 Å². The number of aliphatic hydroxyl groups is 1. The van der Waals surface area contributed by atoms with Gasteiger partial charge in [-0.1, -0.05) is 35.5 Å². The molecule has 0 radical (unpaired) electrons. The van der Waals surface area contributed by atoms with Gasteiger partial charge in [0.05, 0.1) is 17.8 Å². The van der Waals surface area contributed by atoms with E-state index in [1.165, 1.54) is 0 Å². The molecule has 0 bridgehead atoms. The summed E-state index contributed by atoms with van der Waals surface area (Å²) in [5.74, 6) is -3.25. The zero-order chi connectivity index (χ0) is 18.8. The van der Waals surface area contributed by atoms with E-state index < -0.39 is 18.4 Å². The number of nitrogens with one attached hydrogen (secondary N) is 1.